The van der Waals surface area contributed by atoms with Crippen molar-refractivity contribution < 1.29 is 0 Å². The molecule has 0 saturated carbocycles. The van der Waals surface area contributed by atoms with Gasteiger partial charge in [-0.2, -0.15) is 0 Å². The monoisotopic (exact) mass is 309 g/mol. The first-order valence-electron chi connectivity index (χ1n) is 8.29. The molecule has 3 nitrogen and oxygen atoms in total. The number of hydrogen-bond donors (Lipinski definition) is 1. The molecule has 1 aromatic rings. The Morgan fingerprint density at radius 2 is 1.71 bits per heavy atom. The van der Waals surface area contributed by atoms with Gasteiger partial charge in [0.25, 0.3) is 0 Å². The van der Waals surface area contributed by atoms with E-state index in [0.29, 0.717) is 6.04 Å². The molecule has 2 rings (SSSR count). The Kier molecular flexibility index (Phi) is 6.68. The SMILES string of the molecule is CC(C)CNCc1ccc(CN2CCN(C(C)C)CC2)s1. The molecule has 0 bridgehead atoms. The van der Waals surface area contributed by atoms with Crippen molar-refractivity contribution in [3.05, 3.63) is 21.9 Å². The van der Waals surface area contributed by atoms with Gasteiger partial charge in [-0.05, 0) is 38.4 Å². The zero-order chi connectivity index (χ0) is 15.2. The van der Waals surface area contributed by atoms with E-state index in [1.54, 1.807) is 0 Å². The molecule has 0 unspecified atom stereocenters. The second-order valence-corrected chi connectivity index (χ2v) is 8.05. The van der Waals surface area contributed by atoms with Gasteiger partial charge in [0.2, 0.25) is 0 Å². The van der Waals surface area contributed by atoms with Crippen LogP contribution in [0, 0.1) is 5.92 Å². The fourth-order valence-corrected chi connectivity index (χ4v) is 3.77. The molecular formula is C17H31N3S. The van der Waals surface area contributed by atoms with Gasteiger partial charge in [-0.15, -0.1) is 11.3 Å². The minimum Gasteiger partial charge on any atom is -0.312 e. The van der Waals surface area contributed by atoms with Gasteiger partial charge in [-0.1, -0.05) is 13.8 Å². The predicted octanol–water partition coefficient (Wildman–Crippen LogP) is 3.02. The molecule has 2 heterocycles. The molecule has 0 aromatic carbocycles. The van der Waals surface area contributed by atoms with Crippen LogP contribution in [0.1, 0.15) is 37.4 Å². The molecule has 1 aliphatic rings. The van der Waals surface area contributed by atoms with Crippen molar-refractivity contribution in [1.82, 2.24) is 15.1 Å². The Morgan fingerprint density at radius 3 is 2.33 bits per heavy atom. The maximum absolute atomic E-state index is 3.53. The van der Waals surface area contributed by atoms with Crippen LogP contribution in [0.2, 0.25) is 0 Å². The summed E-state index contributed by atoms with van der Waals surface area (Å²) in [6, 6.07) is 5.29. The smallest absolute Gasteiger partial charge is 0.0329 e. The van der Waals surface area contributed by atoms with Gasteiger partial charge in [0.05, 0.1) is 0 Å². The molecular weight excluding hydrogens is 278 g/mol. The highest BCUT2D eigenvalue weighted by atomic mass is 32.1. The topological polar surface area (TPSA) is 18.5 Å². The Hall–Kier alpha value is -0.420. The molecule has 0 spiro atoms. The lowest BCUT2D eigenvalue weighted by Gasteiger charge is -2.36. The highest BCUT2D eigenvalue weighted by molar-refractivity contribution is 7.11. The Balaban J connectivity index is 1.73. The van der Waals surface area contributed by atoms with Gasteiger partial charge in [-0.3, -0.25) is 9.80 Å². The molecule has 120 valence electrons. The first-order valence-corrected chi connectivity index (χ1v) is 9.11. The maximum atomic E-state index is 3.53. The van der Waals surface area contributed by atoms with Gasteiger partial charge < -0.3 is 5.32 Å². The standard InChI is InChI=1S/C17H31N3S/c1-14(2)11-18-12-16-5-6-17(21-16)13-19-7-9-20(10-8-19)15(3)4/h5-6,14-15,18H,7-13H2,1-4H3. The molecule has 1 aromatic heterocycles. The van der Waals surface area contributed by atoms with Gasteiger partial charge >= 0.3 is 0 Å². The van der Waals surface area contributed by atoms with E-state index < -0.39 is 0 Å². The van der Waals surface area contributed by atoms with E-state index in [1.807, 2.05) is 11.3 Å². The molecule has 0 aliphatic carbocycles. The largest absolute Gasteiger partial charge is 0.312 e. The van der Waals surface area contributed by atoms with E-state index >= 15 is 0 Å². The molecule has 1 aliphatic heterocycles. The number of piperazine rings is 1. The summed E-state index contributed by atoms with van der Waals surface area (Å²) in [6.45, 7) is 17.2. The van der Waals surface area contributed by atoms with Crippen LogP contribution >= 0.6 is 11.3 Å². The van der Waals surface area contributed by atoms with E-state index in [0.717, 1.165) is 25.6 Å². The zero-order valence-electron chi connectivity index (χ0n) is 14.1. The van der Waals surface area contributed by atoms with Crippen LogP contribution in [0.25, 0.3) is 0 Å². The van der Waals surface area contributed by atoms with Crippen LogP contribution in [0.3, 0.4) is 0 Å². The van der Waals surface area contributed by atoms with Gasteiger partial charge in [0.15, 0.2) is 0 Å². The van der Waals surface area contributed by atoms with Crippen molar-refractivity contribution in [1.29, 1.82) is 0 Å². The lowest BCUT2D eigenvalue weighted by molar-refractivity contribution is 0.105. The van der Waals surface area contributed by atoms with Crippen molar-refractivity contribution in [2.24, 2.45) is 5.92 Å². The van der Waals surface area contributed by atoms with E-state index in [2.05, 4.69) is 54.9 Å². The first-order chi connectivity index (χ1) is 10.0. The van der Waals surface area contributed by atoms with Crippen LogP contribution < -0.4 is 5.32 Å². The fourth-order valence-electron chi connectivity index (χ4n) is 2.74. The molecule has 1 N–H and O–H groups in total. The quantitative estimate of drug-likeness (QED) is 0.835. The minimum absolute atomic E-state index is 0.688. The number of hydrogen-bond acceptors (Lipinski definition) is 4. The van der Waals surface area contributed by atoms with Gasteiger partial charge in [0, 0.05) is 55.1 Å². The summed E-state index contributed by atoms with van der Waals surface area (Å²) < 4.78 is 0. The molecule has 21 heavy (non-hydrogen) atoms. The lowest BCUT2D eigenvalue weighted by Crippen LogP contribution is -2.48. The predicted molar refractivity (Wildman–Crippen MR) is 92.8 cm³/mol. The summed E-state index contributed by atoms with van der Waals surface area (Å²) in [5.41, 5.74) is 0. The van der Waals surface area contributed by atoms with Gasteiger partial charge in [0.1, 0.15) is 0 Å². The third-order valence-corrected chi connectivity index (χ3v) is 5.16. The maximum Gasteiger partial charge on any atom is 0.0329 e. The second-order valence-electron chi connectivity index (χ2n) is 6.80. The molecule has 0 radical (unpaired) electrons. The van der Waals surface area contributed by atoms with Crippen LogP contribution in [-0.2, 0) is 13.1 Å². The Labute approximate surface area is 134 Å². The summed E-state index contributed by atoms with van der Waals surface area (Å²) in [6.07, 6.45) is 0. The minimum atomic E-state index is 0.688. The highest BCUT2D eigenvalue weighted by Gasteiger charge is 2.19. The Bertz CT molecular complexity index is 406. The highest BCUT2D eigenvalue weighted by Crippen LogP contribution is 2.19. The van der Waals surface area contributed by atoms with Crippen LogP contribution in [0.5, 0.6) is 0 Å². The van der Waals surface area contributed by atoms with E-state index in [-0.39, 0.29) is 0 Å². The summed E-state index contributed by atoms with van der Waals surface area (Å²) in [5, 5.41) is 3.53. The average molecular weight is 310 g/mol. The molecule has 4 heteroatoms. The lowest BCUT2D eigenvalue weighted by atomic mass is 10.2. The van der Waals surface area contributed by atoms with Crippen molar-refractivity contribution in [3.8, 4) is 0 Å². The number of nitrogens with one attached hydrogen (secondary N) is 1. The van der Waals surface area contributed by atoms with E-state index in [1.165, 1.54) is 35.9 Å². The fraction of sp³-hybridized carbons (Fsp3) is 0.765. The molecule has 0 atom stereocenters. The number of nitrogens with zero attached hydrogens (tertiary/aromatic N) is 2. The third kappa shape index (κ3) is 5.70. The van der Waals surface area contributed by atoms with Crippen molar-refractivity contribution in [3.63, 3.8) is 0 Å². The molecule has 1 saturated heterocycles. The van der Waals surface area contributed by atoms with E-state index in [9.17, 15) is 0 Å². The number of thiophene rings is 1. The summed E-state index contributed by atoms with van der Waals surface area (Å²) in [4.78, 5) is 8.14. The van der Waals surface area contributed by atoms with E-state index in [4.69, 9.17) is 0 Å². The number of rotatable bonds is 7. The average Bonchev–Trinajstić information content (AvgIpc) is 2.86. The third-order valence-electron chi connectivity index (χ3n) is 4.09. The second kappa shape index (κ2) is 8.28. The van der Waals surface area contributed by atoms with Crippen LogP contribution in [0.15, 0.2) is 12.1 Å². The summed E-state index contributed by atoms with van der Waals surface area (Å²) in [5.74, 6) is 0.724. The van der Waals surface area contributed by atoms with Crippen LogP contribution in [0.4, 0.5) is 0 Å². The normalized spacial score (nSPS) is 18.0. The van der Waals surface area contributed by atoms with Crippen molar-refractivity contribution >= 4 is 11.3 Å². The molecule has 1 fully saturated rings. The van der Waals surface area contributed by atoms with Crippen molar-refractivity contribution in [2.75, 3.05) is 32.7 Å². The first kappa shape index (κ1) is 16.9. The Morgan fingerprint density at radius 1 is 1.05 bits per heavy atom. The van der Waals surface area contributed by atoms with Crippen molar-refractivity contribution in [2.45, 2.75) is 46.8 Å². The van der Waals surface area contributed by atoms with Gasteiger partial charge in [-0.25, -0.2) is 0 Å². The van der Waals surface area contributed by atoms with Crippen LogP contribution in [-0.4, -0.2) is 48.6 Å². The zero-order valence-corrected chi connectivity index (χ0v) is 14.9. The summed E-state index contributed by atoms with van der Waals surface area (Å²) >= 11 is 1.97. The molecule has 0 amide bonds. The summed E-state index contributed by atoms with van der Waals surface area (Å²) in [7, 11) is 0.